The van der Waals surface area contributed by atoms with Crippen molar-refractivity contribution >= 4 is 46.6 Å². The Morgan fingerprint density at radius 2 is 1.94 bits per heavy atom. The molecule has 5 N–H and O–H groups in total. The molecule has 3 heterocycles. The Morgan fingerprint density at radius 3 is 2.59 bits per heavy atom. The number of carbonyl (C=O) groups excluding carboxylic acids is 2. The molecule has 0 aliphatic carbocycles. The van der Waals surface area contributed by atoms with E-state index in [0.717, 1.165) is 17.5 Å². The number of likely N-dealkylation sites (tertiary alicyclic amines) is 1. The molecule has 51 heavy (non-hydrogen) atoms. The maximum absolute atomic E-state index is 15.0. The van der Waals surface area contributed by atoms with E-state index in [4.69, 9.17) is 21.3 Å². The number of aliphatic imine (C=N–C) groups is 1. The first-order valence-corrected chi connectivity index (χ1v) is 17.2. The van der Waals surface area contributed by atoms with E-state index in [1.165, 1.54) is 24.2 Å². The highest BCUT2D eigenvalue weighted by atomic mass is 19.1. The predicted octanol–water partition coefficient (Wildman–Crippen LogP) is 4.57. The largest absolute Gasteiger partial charge is 0.489 e. The fraction of sp³-hybridized carbons (Fsp3) is 0.368. The molecule has 0 bridgehead atoms. The van der Waals surface area contributed by atoms with Gasteiger partial charge >= 0.3 is 0 Å². The van der Waals surface area contributed by atoms with E-state index >= 15 is 0 Å². The van der Waals surface area contributed by atoms with E-state index in [9.17, 15) is 14.0 Å². The van der Waals surface area contributed by atoms with Gasteiger partial charge in [-0.05, 0) is 69.5 Å². The number of nitrogens with one attached hydrogen (secondary N) is 3. The van der Waals surface area contributed by atoms with Crippen molar-refractivity contribution in [1.29, 1.82) is 10.8 Å². The lowest BCUT2D eigenvalue weighted by Gasteiger charge is -2.29. The minimum Gasteiger partial charge on any atom is -0.489 e. The second kappa shape index (κ2) is 16.5. The average Bonchev–Trinajstić information content (AvgIpc) is 3.59. The fourth-order valence-electron chi connectivity index (χ4n) is 6.36. The zero-order chi connectivity index (χ0) is 36.7. The molecular weight excluding hydrogens is 649 g/mol. The Labute approximate surface area is 298 Å². The third-order valence-electron chi connectivity index (χ3n) is 9.02. The molecule has 1 aromatic heterocycles. The number of carbonyl (C=O) groups is 2. The summed E-state index contributed by atoms with van der Waals surface area (Å²) in [5.74, 6) is -0.593. The molecule has 13 heteroatoms. The first-order chi connectivity index (χ1) is 24.5. The van der Waals surface area contributed by atoms with Crippen LogP contribution in [0.3, 0.4) is 0 Å². The second-order valence-corrected chi connectivity index (χ2v) is 12.9. The molecule has 0 spiro atoms. The van der Waals surface area contributed by atoms with E-state index in [0.29, 0.717) is 44.8 Å². The van der Waals surface area contributed by atoms with Crippen molar-refractivity contribution in [3.05, 3.63) is 89.0 Å². The minimum atomic E-state index is -0.701. The van der Waals surface area contributed by atoms with Gasteiger partial charge in [-0.3, -0.25) is 25.3 Å². The number of rotatable bonds is 12. The monoisotopic (exact) mass is 695 g/mol. The molecule has 0 radical (unpaired) electrons. The molecule has 268 valence electrons. The Hall–Kier alpha value is -5.43. The standard InChI is InChI=1S/C38H46FN9O3/c1-5-48(29-10-11-33(40)31(18-29)35(41)36-32(39)19-30(20-44-36)51-24(2)3)38(50)28-12-15-46(21-28)22-34(49)47-16-13-26(14-17-47)25-6-8-27(9-7-25)37(42)45-23-43-4/h6-11,13,18-20,23-24,28,41H,5,12,14-17,21-22,40H2,1-4H3,(H2,42,43,45)/t28-/m1/s1. The van der Waals surface area contributed by atoms with Crippen molar-refractivity contribution in [3.63, 3.8) is 0 Å². The summed E-state index contributed by atoms with van der Waals surface area (Å²) in [6.07, 6.45) is 6.14. The van der Waals surface area contributed by atoms with Crippen molar-refractivity contribution < 1.29 is 18.7 Å². The lowest BCUT2D eigenvalue weighted by atomic mass is 9.98. The molecule has 0 unspecified atom stereocenters. The van der Waals surface area contributed by atoms with Gasteiger partial charge in [-0.2, -0.15) is 0 Å². The van der Waals surface area contributed by atoms with Crippen LogP contribution in [0.4, 0.5) is 15.8 Å². The zero-order valence-corrected chi connectivity index (χ0v) is 29.6. The maximum atomic E-state index is 15.0. The molecule has 5 rings (SSSR count). The van der Waals surface area contributed by atoms with Gasteiger partial charge in [-0.15, -0.1) is 0 Å². The highest BCUT2D eigenvalue weighted by molar-refractivity contribution is 6.13. The van der Waals surface area contributed by atoms with Gasteiger partial charge in [-0.1, -0.05) is 30.3 Å². The van der Waals surface area contributed by atoms with Gasteiger partial charge in [0.05, 0.1) is 36.8 Å². The maximum Gasteiger partial charge on any atom is 0.237 e. The molecule has 1 fully saturated rings. The van der Waals surface area contributed by atoms with E-state index in [1.54, 1.807) is 30.1 Å². The number of amides is 2. The lowest BCUT2D eigenvalue weighted by Crippen LogP contribution is -2.42. The zero-order valence-electron chi connectivity index (χ0n) is 29.6. The van der Waals surface area contributed by atoms with Crippen molar-refractivity contribution in [2.75, 3.05) is 56.9 Å². The van der Waals surface area contributed by atoms with Crippen LogP contribution in [0, 0.1) is 22.6 Å². The summed E-state index contributed by atoms with van der Waals surface area (Å²) in [6, 6.07) is 13.9. The van der Waals surface area contributed by atoms with E-state index in [-0.39, 0.29) is 64.6 Å². The molecule has 1 atom stereocenters. The summed E-state index contributed by atoms with van der Waals surface area (Å²) in [4.78, 5) is 40.8. The van der Waals surface area contributed by atoms with Crippen LogP contribution >= 0.6 is 0 Å². The normalized spacial score (nSPS) is 16.3. The van der Waals surface area contributed by atoms with Gasteiger partial charge in [0.15, 0.2) is 11.7 Å². The number of nitrogen functional groups attached to an aromatic ring is 1. The number of ether oxygens (including phenoxy) is 1. The van der Waals surface area contributed by atoms with Crippen LogP contribution in [0.5, 0.6) is 5.75 Å². The number of aromatic nitrogens is 1. The number of amidine groups is 1. The number of benzene rings is 2. The smallest absolute Gasteiger partial charge is 0.237 e. The van der Waals surface area contributed by atoms with Gasteiger partial charge in [-0.25, -0.2) is 14.4 Å². The summed E-state index contributed by atoms with van der Waals surface area (Å²) in [5, 5.41) is 19.6. The van der Waals surface area contributed by atoms with Crippen LogP contribution in [0.15, 0.2) is 65.8 Å². The summed E-state index contributed by atoms with van der Waals surface area (Å²) >= 11 is 0. The second-order valence-electron chi connectivity index (χ2n) is 12.9. The number of hydrogen-bond donors (Lipinski definition) is 4. The van der Waals surface area contributed by atoms with Gasteiger partial charge in [0.1, 0.15) is 11.4 Å². The highest BCUT2D eigenvalue weighted by Gasteiger charge is 2.33. The highest BCUT2D eigenvalue weighted by Crippen LogP contribution is 2.29. The number of halogens is 1. The molecule has 12 nitrogen and oxygen atoms in total. The van der Waals surface area contributed by atoms with Crippen LogP contribution in [-0.2, 0) is 9.59 Å². The topological polar surface area (TPSA) is 164 Å². The lowest BCUT2D eigenvalue weighted by molar-refractivity contribution is -0.132. The Morgan fingerprint density at radius 1 is 1.18 bits per heavy atom. The number of anilines is 2. The molecule has 2 amide bonds. The van der Waals surface area contributed by atoms with Crippen LogP contribution in [0.25, 0.3) is 5.57 Å². The van der Waals surface area contributed by atoms with E-state index in [2.05, 4.69) is 21.4 Å². The van der Waals surface area contributed by atoms with Crippen molar-refractivity contribution in [3.8, 4) is 5.75 Å². The van der Waals surface area contributed by atoms with Gasteiger partial charge < -0.3 is 25.6 Å². The fourth-order valence-corrected chi connectivity index (χ4v) is 6.36. The predicted molar refractivity (Wildman–Crippen MR) is 199 cm³/mol. The average molecular weight is 696 g/mol. The van der Waals surface area contributed by atoms with Crippen molar-refractivity contribution in [2.45, 2.75) is 39.7 Å². The third kappa shape index (κ3) is 8.84. The number of nitrogens with two attached hydrogens (primary N) is 1. The Kier molecular flexibility index (Phi) is 11.9. The Balaban J connectivity index is 1.17. The van der Waals surface area contributed by atoms with E-state index in [1.807, 2.05) is 54.8 Å². The summed E-state index contributed by atoms with van der Waals surface area (Å²) in [7, 11) is 1.73. The minimum absolute atomic E-state index is 0.0308. The first-order valence-electron chi connectivity index (χ1n) is 17.2. The van der Waals surface area contributed by atoms with Crippen molar-refractivity contribution in [1.82, 2.24) is 20.1 Å². The SMILES string of the molecule is CCN(C(=O)[C@@H]1CCN(CC(=O)N2CC=C(c3ccc(C(=N)/N=C\NC)cc3)CC2)C1)c1ccc(N)c(C(=N)c2ncc(OC(C)C)cc2F)c1. The molecule has 1 saturated heterocycles. The number of hydrogen-bond acceptors (Lipinski definition) is 8. The van der Waals surface area contributed by atoms with Gasteiger partial charge in [0.2, 0.25) is 11.8 Å². The van der Waals surface area contributed by atoms with Crippen molar-refractivity contribution in [2.24, 2.45) is 10.9 Å². The van der Waals surface area contributed by atoms with Gasteiger partial charge in [0.25, 0.3) is 0 Å². The summed E-state index contributed by atoms with van der Waals surface area (Å²) in [6.45, 7) is 8.38. The summed E-state index contributed by atoms with van der Waals surface area (Å²) in [5.41, 5.74) is 9.92. The molecule has 2 aliphatic rings. The van der Waals surface area contributed by atoms with Crippen LogP contribution in [0.1, 0.15) is 56.0 Å². The first kappa shape index (κ1) is 36.8. The molecule has 2 aromatic carbocycles. The molecular formula is C38H46FN9O3. The third-order valence-corrected chi connectivity index (χ3v) is 9.02. The van der Waals surface area contributed by atoms with Gasteiger partial charge in [0, 0.05) is 61.8 Å². The number of pyridine rings is 1. The van der Waals surface area contributed by atoms with Crippen LogP contribution in [-0.4, -0.2) is 96.9 Å². The van der Waals surface area contributed by atoms with Crippen LogP contribution < -0.4 is 20.7 Å². The van der Waals surface area contributed by atoms with E-state index < -0.39 is 5.82 Å². The summed E-state index contributed by atoms with van der Waals surface area (Å²) < 4.78 is 20.5. The quantitative estimate of drug-likeness (QED) is 0.123. The Bertz CT molecular complexity index is 1840. The molecule has 0 saturated carbocycles. The molecule has 2 aliphatic heterocycles. The number of nitrogens with zero attached hydrogens (tertiary/aromatic N) is 5. The molecule has 3 aromatic rings. The van der Waals surface area contributed by atoms with Crippen LogP contribution in [0.2, 0.25) is 0 Å².